The van der Waals surface area contributed by atoms with Gasteiger partial charge in [0.1, 0.15) is 11.9 Å². The Morgan fingerprint density at radius 2 is 2.31 bits per heavy atom. The van der Waals surface area contributed by atoms with Crippen LogP contribution in [0.3, 0.4) is 0 Å². The van der Waals surface area contributed by atoms with Crippen LogP contribution in [0, 0.1) is 17.1 Å². The van der Waals surface area contributed by atoms with Gasteiger partial charge in [-0.2, -0.15) is 5.26 Å². The Kier molecular flexibility index (Phi) is 4.53. The summed E-state index contributed by atoms with van der Waals surface area (Å²) in [5.74, 6) is -0.379. The largest absolute Gasteiger partial charge is 0.367 e. The molecule has 0 radical (unpaired) electrons. The molecule has 0 spiro atoms. The van der Waals surface area contributed by atoms with Crippen molar-refractivity contribution in [3.63, 3.8) is 0 Å². The van der Waals surface area contributed by atoms with Crippen LogP contribution in [0.1, 0.15) is 18.9 Å². The quantitative estimate of drug-likeness (QED) is 0.710. The fourth-order valence-corrected chi connectivity index (χ4v) is 1.61. The molecule has 0 saturated carbocycles. The van der Waals surface area contributed by atoms with Gasteiger partial charge in [0, 0.05) is 13.1 Å². The summed E-state index contributed by atoms with van der Waals surface area (Å²) in [4.78, 5) is 2.02. The minimum Gasteiger partial charge on any atom is -0.367 e. The van der Waals surface area contributed by atoms with Gasteiger partial charge >= 0.3 is 0 Å². The average molecular weight is 218 g/mol. The Morgan fingerprint density at radius 1 is 1.56 bits per heavy atom. The molecule has 0 amide bonds. The standard InChI is InChI=1S/C13H15FN2/c1-3-7-16(8-4-2)13-6-5-12(14)9-11(13)10-15/h3,5-6,9H,1,4,7-8H2,2H3. The van der Waals surface area contributed by atoms with Crippen LogP contribution in [-0.4, -0.2) is 13.1 Å². The van der Waals surface area contributed by atoms with Crippen molar-refractivity contribution in [1.82, 2.24) is 0 Å². The van der Waals surface area contributed by atoms with Crippen LogP contribution in [0.25, 0.3) is 0 Å². The zero-order valence-corrected chi connectivity index (χ0v) is 9.41. The molecule has 84 valence electrons. The molecular formula is C13H15FN2. The Labute approximate surface area is 95.6 Å². The van der Waals surface area contributed by atoms with E-state index in [2.05, 4.69) is 13.5 Å². The summed E-state index contributed by atoms with van der Waals surface area (Å²) in [5.41, 5.74) is 1.14. The molecule has 0 aliphatic heterocycles. The van der Waals surface area contributed by atoms with Crippen molar-refractivity contribution in [2.75, 3.05) is 18.0 Å². The molecule has 1 rings (SSSR count). The monoisotopic (exact) mass is 218 g/mol. The molecule has 0 unspecified atom stereocenters. The van der Waals surface area contributed by atoms with Gasteiger partial charge in [-0.05, 0) is 24.6 Å². The van der Waals surface area contributed by atoms with Crippen molar-refractivity contribution in [3.8, 4) is 6.07 Å². The van der Waals surface area contributed by atoms with Crippen LogP contribution < -0.4 is 4.90 Å². The molecular weight excluding hydrogens is 203 g/mol. The minimum absolute atomic E-state index is 0.371. The van der Waals surface area contributed by atoms with Crippen molar-refractivity contribution in [2.24, 2.45) is 0 Å². The predicted octanol–water partition coefficient (Wildman–Crippen LogP) is 3.10. The molecule has 0 aliphatic carbocycles. The second kappa shape index (κ2) is 5.92. The highest BCUT2D eigenvalue weighted by Gasteiger charge is 2.09. The molecule has 0 aromatic heterocycles. The van der Waals surface area contributed by atoms with Gasteiger partial charge < -0.3 is 4.90 Å². The predicted molar refractivity (Wildman–Crippen MR) is 63.8 cm³/mol. The minimum atomic E-state index is -0.379. The van der Waals surface area contributed by atoms with Gasteiger partial charge in [0.2, 0.25) is 0 Å². The molecule has 0 N–H and O–H groups in total. The lowest BCUT2D eigenvalue weighted by atomic mass is 10.1. The molecule has 0 saturated heterocycles. The molecule has 0 heterocycles. The second-order valence-corrected chi connectivity index (χ2v) is 3.51. The van der Waals surface area contributed by atoms with E-state index in [4.69, 9.17) is 5.26 Å². The number of hydrogen-bond acceptors (Lipinski definition) is 2. The van der Waals surface area contributed by atoms with Crippen molar-refractivity contribution in [2.45, 2.75) is 13.3 Å². The first-order valence-electron chi connectivity index (χ1n) is 5.28. The van der Waals surface area contributed by atoms with Gasteiger partial charge in [-0.15, -0.1) is 6.58 Å². The molecule has 0 fully saturated rings. The molecule has 16 heavy (non-hydrogen) atoms. The van der Waals surface area contributed by atoms with E-state index in [-0.39, 0.29) is 5.82 Å². The first-order chi connectivity index (χ1) is 7.72. The number of anilines is 1. The molecule has 1 aromatic carbocycles. The fraction of sp³-hybridized carbons (Fsp3) is 0.308. The summed E-state index contributed by atoms with van der Waals surface area (Å²) < 4.78 is 13.0. The first-order valence-corrected chi connectivity index (χ1v) is 5.28. The van der Waals surface area contributed by atoms with Crippen LogP contribution in [0.15, 0.2) is 30.9 Å². The van der Waals surface area contributed by atoms with Gasteiger partial charge in [-0.1, -0.05) is 13.0 Å². The zero-order chi connectivity index (χ0) is 12.0. The summed E-state index contributed by atoms with van der Waals surface area (Å²) in [6.45, 7) is 7.23. The lowest BCUT2D eigenvalue weighted by Crippen LogP contribution is -2.24. The fourth-order valence-electron chi connectivity index (χ4n) is 1.61. The number of benzene rings is 1. The van der Waals surface area contributed by atoms with Crippen LogP contribution in [-0.2, 0) is 0 Å². The summed E-state index contributed by atoms with van der Waals surface area (Å²) >= 11 is 0. The number of halogens is 1. The maximum Gasteiger partial charge on any atom is 0.124 e. The van der Waals surface area contributed by atoms with E-state index in [1.807, 2.05) is 11.0 Å². The summed E-state index contributed by atoms with van der Waals surface area (Å²) in [6, 6.07) is 6.31. The van der Waals surface area contributed by atoms with E-state index in [1.165, 1.54) is 12.1 Å². The Hall–Kier alpha value is -1.82. The van der Waals surface area contributed by atoms with E-state index in [0.29, 0.717) is 12.1 Å². The van der Waals surface area contributed by atoms with Crippen molar-refractivity contribution in [1.29, 1.82) is 5.26 Å². The highest BCUT2D eigenvalue weighted by atomic mass is 19.1. The first kappa shape index (κ1) is 12.3. The Bertz CT molecular complexity index is 407. The van der Waals surface area contributed by atoms with Crippen LogP contribution in [0.2, 0.25) is 0 Å². The third kappa shape index (κ3) is 2.83. The summed E-state index contributed by atoms with van der Waals surface area (Å²) in [6.07, 6.45) is 2.75. The normalized spacial score (nSPS) is 9.56. The van der Waals surface area contributed by atoms with E-state index in [1.54, 1.807) is 12.1 Å². The third-order valence-corrected chi connectivity index (χ3v) is 2.26. The summed E-state index contributed by atoms with van der Waals surface area (Å²) in [7, 11) is 0. The molecule has 0 aliphatic rings. The number of rotatable bonds is 5. The SMILES string of the molecule is C=CCN(CCC)c1ccc(F)cc1C#N. The van der Waals surface area contributed by atoms with E-state index >= 15 is 0 Å². The average Bonchev–Trinajstić information content (AvgIpc) is 2.28. The van der Waals surface area contributed by atoms with Gasteiger partial charge in [-0.3, -0.25) is 0 Å². The van der Waals surface area contributed by atoms with Crippen LogP contribution in [0.5, 0.6) is 0 Å². The lowest BCUT2D eigenvalue weighted by molar-refractivity contribution is 0.627. The number of nitriles is 1. The zero-order valence-electron chi connectivity index (χ0n) is 9.41. The molecule has 0 bridgehead atoms. The smallest absolute Gasteiger partial charge is 0.124 e. The number of hydrogen-bond donors (Lipinski definition) is 0. The second-order valence-electron chi connectivity index (χ2n) is 3.51. The van der Waals surface area contributed by atoms with Crippen molar-refractivity contribution in [3.05, 3.63) is 42.2 Å². The Balaban J connectivity index is 3.08. The molecule has 2 nitrogen and oxygen atoms in total. The van der Waals surface area contributed by atoms with Crippen molar-refractivity contribution >= 4 is 5.69 Å². The van der Waals surface area contributed by atoms with E-state index in [0.717, 1.165) is 18.7 Å². The highest BCUT2D eigenvalue weighted by Crippen LogP contribution is 2.21. The van der Waals surface area contributed by atoms with Gasteiger partial charge in [0.05, 0.1) is 11.3 Å². The highest BCUT2D eigenvalue weighted by molar-refractivity contribution is 5.59. The maximum atomic E-state index is 13.0. The van der Waals surface area contributed by atoms with Gasteiger partial charge in [0.15, 0.2) is 0 Å². The van der Waals surface area contributed by atoms with Gasteiger partial charge in [-0.25, -0.2) is 4.39 Å². The third-order valence-electron chi connectivity index (χ3n) is 2.26. The molecule has 3 heteroatoms. The lowest BCUT2D eigenvalue weighted by Gasteiger charge is -2.23. The van der Waals surface area contributed by atoms with Crippen LogP contribution >= 0.6 is 0 Å². The Morgan fingerprint density at radius 3 is 2.88 bits per heavy atom. The molecule has 1 aromatic rings. The number of nitrogens with zero attached hydrogens (tertiary/aromatic N) is 2. The van der Waals surface area contributed by atoms with E-state index in [9.17, 15) is 4.39 Å². The van der Waals surface area contributed by atoms with Crippen LogP contribution in [0.4, 0.5) is 10.1 Å². The van der Waals surface area contributed by atoms with Gasteiger partial charge in [0.25, 0.3) is 0 Å². The maximum absolute atomic E-state index is 13.0. The van der Waals surface area contributed by atoms with Crippen molar-refractivity contribution < 1.29 is 4.39 Å². The van der Waals surface area contributed by atoms with E-state index < -0.39 is 0 Å². The molecule has 0 atom stereocenters. The summed E-state index contributed by atoms with van der Waals surface area (Å²) in [5, 5.41) is 8.96. The topological polar surface area (TPSA) is 27.0 Å².